The number of amidine groups is 1. The molecule has 0 aliphatic carbocycles. The third-order valence-electron chi connectivity index (χ3n) is 1.80. The number of nitriles is 1. The van der Waals surface area contributed by atoms with Crippen molar-refractivity contribution in [3.63, 3.8) is 0 Å². The van der Waals surface area contributed by atoms with Gasteiger partial charge in [-0.25, -0.2) is 4.99 Å². The van der Waals surface area contributed by atoms with Crippen molar-refractivity contribution in [1.82, 2.24) is 5.32 Å². The second-order valence-electron chi connectivity index (χ2n) is 2.80. The molecule has 0 saturated heterocycles. The first kappa shape index (κ1) is 14.2. The normalized spacial score (nSPS) is 10.9. The topological polar surface area (TPSA) is 57.4 Å². The molecule has 0 aliphatic heterocycles. The van der Waals surface area contributed by atoms with Crippen molar-refractivity contribution < 1.29 is 4.74 Å². The van der Waals surface area contributed by atoms with Crippen LogP contribution in [-0.2, 0) is 0 Å². The van der Waals surface area contributed by atoms with E-state index >= 15 is 0 Å². The number of hydrogen-bond acceptors (Lipinski definition) is 4. The van der Waals surface area contributed by atoms with Gasteiger partial charge in [-0.05, 0) is 28.3 Å². The van der Waals surface area contributed by atoms with Crippen LogP contribution in [-0.4, -0.2) is 18.5 Å². The Morgan fingerprint density at radius 3 is 2.88 bits per heavy atom. The van der Waals surface area contributed by atoms with Crippen LogP contribution in [0.25, 0.3) is 0 Å². The lowest BCUT2D eigenvalue weighted by Gasteiger charge is -2.07. The van der Waals surface area contributed by atoms with E-state index in [9.17, 15) is 0 Å². The molecule has 1 aromatic rings. The summed E-state index contributed by atoms with van der Waals surface area (Å²) >= 11 is 10.6. The first-order valence-corrected chi connectivity index (χ1v) is 6.82. The lowest BCUT2D eigenvalue weighted by atomic mass is 10.3. The molecule has 0 aromatic heterocycles. The zero-order valence-electron chi connectivity index (χ0n) is 9.12. The molecule has 0 bridgehead atoms. The Hall–Kier alpha value is -0.900. The molecule has 4 nitrogen and oxygen atoms in total. The number of thioether (sulfide) groups is 1. The highest BCUT2D eigenvalue weighted by molar-refractivity contribution is 9.10. The summed E-state index contributed by atoms with van der Waals surface area (Å²) in [5, 5.41) is 12.0. The van der Waals surface area contributed by atoms with Gasteiger partial charge in [-0.1, -0.05) is 23.4 Å². The summed E-state index contributed by atoms with van der Waals surface area (Å²) < 4.78 is 5.83. The van der Waals surface area contributed by atoms with E-state index in [1.165, 1.54) is 18.9 Å². The fourth-order valence-corrected chi connectivity index (χ4v) is 2.18. The fraction of sp³-hybridized carbons (Fsp3) is 0.200. The number of rotatable bonds is 2. The van der Waals surface area contributed by atoms with E-state index in [2.05, 4.69) is 26.2 Å². The Labute approximate surface area is 117 Å². The zero-order chi connectivity index (χ0) is 12.8. The van der Waals surface area contributed by atoms with E-state index in [-0.39, 0.29) is 0 Å². The molecule has 17 heavy (non-hydrogen) atoms. The van der Waals surface area contributed by atoms with Crippen molar-refractivity contribution in [3.05, 3.63) is 21.6 Å². The number of halogens is 2. The van der Waals surface area contributed by atoms with Crippen LogP contribution in [0.15, 0.2) is 21.6 Å². The second kappa shape index (κ2) is 6.74. The Morgan fingerprint density at radius 1 is 1.65 bits per heavy atom. The number of benzene rings is 1. The van der Waals surface area contributed by atoms with Gasteiger partial charge in [-0.2, -0.15) is 5.26 Å². The van der Waals surface area contributed by atoms with Gasteiger partial charge < -0.3 is 4.74 Å². The third-order valence-corrected chi connectivity index (χ3v) is 3.31. The number of ether oxygens (including phenoxy) is 1. The lowest BCUT2D eigenvalue weighted by Crippen LogP contribution is -2.12. The average molecular weight is 335 g/mol. The summed E-state index contributed by atoms with van der Waals surface area (Å²) in [6, 6.07) is 3.39. The van der Waals surface area contributed by atoms with Gasteiger partial charge in [-0.15, -0.1) is 0 Å². The van der Waals surface area contributed by atoms with Crippen molar-refractivity contribution in [2.75, 3.05) is 13.4 Å². The molecule has 0 aliphatic rings. The molecule has 0 atom stereocenters. The van der Waals surface area contributed by atoms with Gasteiger partial charge in [0.05, 0.1) is 17.8 Å². The van der Waals surface area contributed by atoms with Crippen molar-refractivity contribution in [2.24, 2.45) is 4.99 Å². The maximum absolute atomic E-state index is 8.55. The molecule has 0 amide bonds. The quantitative estimate of drug-likeness (QED) is 0.389. The number of nitrogens with zero attached hydrogens (tertiary/aromatic N) is 2. The van der Waals surface area contributed by atoms with E-state index in [1.54, 1.807) is 12.1 Å². The fourth-order valence-electron chi connectivity index (χ4n) is 1.04. The molecule has 1 rings (SSSR count). The number of methoxy groups -OCH3 is 1. The largest absolute Gasteiger partial charge is 0.495 e. The predicted molar refractivity (Wildman–Crippen MR) is 75.1 cm³/mol. The van der Waals surface area contributed by atoms with Crippen molar-refractivity contribution in [1.29, 1.82) is 5.26 Å². The van der Waals surface area contributed by atoms with E-state index in [1.807, 2.05) is 12.4 Å². The van der Waals surface area contributed by atoms with E-state index < -0.39 is 0 Å². The number of hydrogen-bond donors (Lipinski definition) is 1. The Kier molecular flexibility index (Phi) is 5.62. The molecule has 1 N–H and O–H groups in total. The van der Waals surface area contributed by atoms with Crippen LogP contribution in [0.3, 0.4) is 0 Å². The Morgan fingerprint density at radius 2 is 2.35 bits per heavy atom. The minimum Gasteiger partial charge on any atom is -0.495 e. The molecule has 0 fully saturated rings. The standard InChI is InChI=1S/C10H9BrClN3OS/c1-16-9-4-8(6(11)3-7(9)12)15-10(17-2)14-5-13/h3-4H,1-2H3,(H,14,15). The average Bonchev–Trinajstić information content (AvgIpc) is 2.31. The molecule has 0 unspecified atom stereocenters. The minimum atomic E-state index is 0.497. The molecule has 0 spiro atoms. The van der Waals surface area contributed by atoms with Crippen molar-refractivity contribution in [3.8, 4) is 11.9 Å². The monoisotopic (exact) mass is 333 g/mol. The predicted octanol–water partition coefficient (Wildman–Crippen LogP) is 3.53. The molecule has 0 radical (unpaired) electrons. The summed E-state index contributed by atoms with van der Waals surface area (Å²) in [6.45, 7) is 0. The van der Waals surface area contributed by atoms with Crippen LogP contribution in [0.2, 0.25) is 5.02 Å². The molecular formula is C10H9BrClN3OS. The highest BCUT2D eigenvalue weighted by atomic mass is 79.9. The van der Waals surface area contributed by atoms with Crippen LogP contribution in [0, 0.1) is 11.5 Å². The SMILES string of the molecule is COc1cc(N=C(NC#N)SC)c(Br)cc1Cl. The summed E-state index contributed by atoms with van der Waals surface area (Å²) in [5.74, 6) is 0.533. The van der Waals surface area contributed by atoms with Gasteiger partial charge in [0.15, 0.2) is 11.4 Å². The van der Waals surface area contributed by atoms with Crippen molar-refractivity contribution in [2.45, 2.75) is 0 Å². The number of aliphatic imine (C=N–C) groups is 1. The second-order valence-corrected chi connectivity index (χ2v) is 4.85. The summed E-state index contributed by atoms with van der Waals surface area (Å²) in [4.78, 5) is 4.28. The van der Waals surface area contributed by atoms with Crippen LogP contribution in [0.5, 0.6) is 5.75 Å². The first-order valence-electron chi connectivity index (χ1n) is 4.43. The maximum Gasteiger partial charge on any atom is 0.183 e. The molecule has 1 aromatic carbocycles. The molecule has 0 saturated carbocycles. The minimum absolute atomic E-state index is 0.497. The van der Waals surface area contributed by atoms with E-state index in [0.717, 1.165) is 4.47 Å². The molecule has 0 heterocycles. The molecular weight excluding hydrogens is 326 g/mol. The summed E-state index contributed by atoms with van der Waals surface area (Å²) in [6.07, 6.45) is 3.65. The first-order chi connectivity index (χ1) is 8.12. The highest BCUT2D eigenvalue weighted by Crippen LogP contribution is 2.36. The van der Waals surface area contributed by atoms with Crippen LogP contribution in [0.4, 0.5) is 5.69 Å². The molecule has 7 heteroatoms. The van der Waals surface area contributed by atoms with Crippen LogP contribution < -0.4 is 10.1 Å². The van der Waals surface area contributed by atoms with Gasteiger partial charge >= 0.3 is 0 Å². The van der Waals surface area contributed by atoms with Gasteiger partial charge in [0.25, 0.3) is 0 Å². The van der Waals surface area contributed by atoms with Gasteiger partial charge in [-0.3, -0.25) is 5.32 Å². The van der Waals surface area contributed by atoms with E-state index in [4.69, 9.17) is 21.6 Å². The maximum atomic E-state index is 8.55. The van der Waals surface area contributed by atoms with E-state index in [0.29, 0.717) is 21.6 Å². The van der Waals surface area contributed by atoms with Gasteiger partial charge in [0.2, 0.25) is 0 Å². The summed E-state index contributed by atoms with van der Waals surface area (Å²) in [5.41, 5.74) is 0.637. The lowest BCUT2D eigenvalue weighted by molar-refractivity contribution is 0.415. The zero-order valence-corrected chi connectivity index (χ0v) is 12.3. The third kappa shape index (κ3) is 3.80. The van der Waals surface area contributed by atoms with Crippen molar-refractivity contribution >= 4 is 50.1 Å². The number of nitrogens with one attached hydrogen (secondary N) is 1. The Bertz CT molecular complexity index is 487. The van der Waals surface area contributed by atoms with Gasteiger partial charge in [0.1, 0.15) is 5.75 Å². The smallest absolute Gasteiger partial charge is 0.183 e. The van der Waals surface area contributed by atoms with Gasteiger partial charge in [0, 0.05) is 10.5 Å². The molecule has 90 valence electrons. The highest BCUT2D eigenvalue weighted by Gasteiger charge is 2.07. The summed E-state index contributed by atoms with van der Waals surface area (Å²) in [7, 11) is 1.53. The van der Waals surface area contributed by atoms with Crippen LogP contribution in [0.1, 0.15) is 0 Å². The Balaban J connectivity index is 3.18. The van der Waals surface area contributed by atoms with Crippen LogP contribution >= 0.6 is 39.3 Å².